The Labute approximate surface area is 187 Å². The lowest BCUT2D eigenvalue weighted by atomic mass is 10.1. The number of hydrogen-bond acceptors (Lipinski definition) is 5. The number of hydrogen-bond donors (Lipinski definition) is 2. The van der Waals surface area contributed by atoms with E-state index < -0.39 is 0 Å². The van der Waals surface area contributed by atoms with E-state index in [4.69, 9.17) is 33.3 Å². The summed E-state index contributed by atoms with van der Waals surface area (Å²) in [6.45, 7) is 7.55. The highest BCUT2D eigenvalue weighted by molar-refractivity contribution is 7.71. The standard InChI is InChI=1S/C22H27ClN4O2S/c1-4-7-21-25-26-22(30)27(21)24-13-17-11-19(28-5-2)20(12-18(17)23)29-14-16-9-6-8-15(3)10-16/h6,8-12,24H,4-5,7,13-14H2,1-3H3,(H,26,30). The molecule has 1 aromatic heterocycles. The number of benzene rings is 2. The Morgan fingerprint density at radius 2 is 1.97 bits per heavy atom. The first-order valence-electron chi connectivity index (χ1n) is 10.1. The molecule has 0 amide bonds. The smallest absolute Gasteiger partial charge is 0.214 e. The van der Waals surface area contributed by atoms with E-state index in [2.05, 4.69) is 41.6 Å². The Morgan fingerprint density at radius 1 is 1.17 bits per heavy atom. The summed E-state index contributed by atoms with van der Waals surface area (Å²) >= 11 is 11.9. The van der Waals surface area contributed by atoms with Crippen LogP contribution in [0.5, 0.6) is 11.5 Å². The first-order valence-corrected chi connectivity index (χ1v) is 10.8. The van der Waals surface area contributed by atoms with Gasteiger partial charge in [0.05, 0.1) is 13.2 Å². The quantitative estimate of drug-likeness (QED) is 0.398. The predicted molar refractivity (Wildman–Crippen MR) is 123 cm³/mol. The van der Waals surface area contributed by atoms with E-state index in [0.29, 0.717) is 41.1 Å². The van der Waals surface area contributed by atoms with Crippen molar-refractivity contribution < 1.29 is 9.47 Å². The fraction of sp³-hybridized carbons (Fsp3) is 0.364. The largest absolute Gasteiger partial charge is 0.490 e. The molecule has 2 N–H and O–H groups in total. The number of aromatic nitrogens is 3. The molecular formula is C22H27ClN4O2S. The van der Waals surface area contributed by atoms with E-state index in [1.165, 1.54) is 5.56 Å². The second-order valence-electron chi connectivity index (χ2n) is 6.97. The number of aromatic amines is 1. The third-order valence-electron chi connectivity index (χ3n) is 4.53. The van der Waals surface area contributed by atoms with Crippen molar-refractivity contribution in [2.24, 2.45) is 0 Å². The van der Waals surface area contributed by atoms with Crippen LogP contribution in [0.1, 0.15) is 42.8 Å². The zero-order valence-electron chi connectivity index (χ0n) is 17.5. The Morgan fingerprint density at radius 3 is 2.70 bits per heavy atom. The van der Waals surface area contributed by atoms with Gasteiger partial charge in [0.15, 0.2) is 17.3 Å². The maximum atomic E-state index is 6.56. The van der Waals surface area contributed by atoms with Crippen molar-refractivity contribution in [2.75, 3.05) is 12.0 Å². The highest BCUT2D eigenvalue weighted by Gasteiger charge is 2.13. The summed E-state index contributed by atoms with van der Waals surface area (Å²) in [4.78, 5) is 0. The van der Waals surface area contributed by atoms with E-state index in [1.54, 1.807) is 10.7 Å². The maximum absolute atomic E-state index is 6.56. The summed E-state index contributed by atoms with van der Waals surface area (Å²) in [7, 11) is 0. The zero-order valence-corrected chi connectivity index (χ0v) is 19.1. The van der Waals surface area contributed by atoms with Crippen molar-refractivity contribution in [3.8, 4) is 11.5 Å². The van der Waals surface area contributed by atoms with Crippen LogP contribution in [0.3, 0.4) is 0 Å². The second-order valence-corrected chi connectivity index (χ2v) is 7.76. The van der Waals surface area contributed by atoms with E-state index in [1.807, 2.05) is 25.1 Å². The summed E-state index contributed by atoms with van der Waals surface area (Å²) in [6.07, 6.45) is 1.80. The number of aryl methyl sites for hydroxylation is 2. The van der Waals surface area contributed by atoms with E-state index in [9.17, 15) is 0 Å². The van der Waals surface area contributed by atoms with Crippen molar-refractivity contribution >= 4 is 23.8 Å². The van der Waals surface area contributed by atoms with Crippen LogP contribution in [0.4, 0.5) is 0 Å². The van der Waals surface area contributed by atoms with Crippen LogP contribution in [0.2, 0.25) is 5.02 Å². The van der Waals surface area contributed by atoms with Crippen LogP contribution in [0.25, 0.3) is 0 Å². The van der Waals surface area contributed by atoms with Gasteiger partial charge in [0, 0.05) is 17.5 Å². The molecule has 0 fully saturated rings. The zero-order chi connectivity index (χ0) is 21.5. The molecule has 0 atom stereocenters. The van der Waals surface area contributed by atoms with Crippen LogP contribution in [0.15, 0.2) is 36.4 Å². The van der Waals surface area contributed by atoms with Crippen LogP contribution in [-0.4, -0.2) is 21.5 Å². The monoisotopic (exact) mass is 446 g/mol. The molecule has 1 heterocycles. The van der Waals surface area contributed by atoms with Crippen LogP contribution < -0.4 is 14.9 Å². The molecule has 0 unspecified atom stereocenters. The van der Waals surface area contributed by atoms with Gasteiger partial charge in [-0.05, 0) is 49.7 Å². The normalized spacial score (nSPS) is 10.8. The molecule has 3 aromatic rings. The van der Waals surface area contributed by atoms with Gasteiger partial charge in [0.1, 0.15) is 6.61 Å². The minimum absolute atomic E-state index is 0.445. The summed E-state index contributed by atoms with van der Waals surface area (Å²) in [5.74, 6) is 2.15. The average Bonchev–Trinajstić information content (AvgIpc) is 3.07. The molecule has 160 valence electrons. The van der Waals surface area contributed by atoms with Gasteiger partial charge in [0.2, 0.25) is 4.77 Å². The lowest BCUT2D eigenvalue weighted by Crippen LogP contribution is -2.18. The van der Waals surface area contributed by atoms with Crippen molar-refractivity contribution in [3.63, 3.8) is 0 Å². The number of rotatable bonds is 10. The maximum Gasteiger partial charge on any atom is 0.214 e. The van der Waals surface area contributed by atoms with Gasteiger partial charge in [-0.25, -0.2) is 4.68 Å². The van der Waals surface area contributed by atoms with Gasteiger partial charge in [-0.1, -0.05) is 48.4 Å². The number of H-pyrrole nitrogens is 1. The van der Waals surface area contributed by atoms with Gasteiger partial charge >= 0.3 is 0 Å². The Hall–Kier alpha value is -2.51. The molecule has 0 spiro atoms. The van der Waals surface area contributed by atoms with Crippen LogP contribution >= 0.6 is 23.8 Å². The van der Waals surface area contributed by atoms with Gasteiger partial charge in [-0.3, -0.25) is 5.10 Å². The van der Waals surface area contributed by atoms with E-state index >= 15 is 0 Å². The molecule has 0 radical (unpaired) electrons. The summed E-state index contributed by atoms with van der Waals surface area (Å²) in [5.41, 5.74) is 6.47. The molecule has 8 heteroatoms. The molecule has 0 saturated heterocycles. The second kappa shape index (κ2) is 10.5. The van der Waals surface area contributed by atoms with Crippen LogP contribution in [0, 0.1) is 11.7 Å². The highest BCUT2D eigenvalue weighted by atomic mass is 35.5. The third-order valence-corrected chi connectivity index (χ3v) is 5.16. The Kier molecular flexibility index (Phi) is 7.76. The average molecular weight is 447 g/mol. The number of halogens is 1. The highest BCUT2D eigenvalue weighted by Crippen LogP contribution is 2.34. The fourth-order valence-electron chi connectivity index (χ4n) is 3.10. The molecule has 0 bridgehead atoms. The molecule has 2 aromatic carbocycles. The molecular weight excluding hydrogens is 420 g/mol. The first kappa shape index (κ1) is 22.2. The molecule has 0 aliphatic carbocycles. The Bertz CT molecular complexity index is 1050. The predicted octanol–water partition coefficient (Wildman–Crippen LogP) is 5.58. The van der Waals surface area contributed by atoms with E-state index in [0.717, 1.165) is 29.8 Å². The first-order chi connectivity index (χ1) is 14.5. The third kappa shape index (κ3) is 5.55. The number of nitrogens with one attached hydrogen (secondary N) is 2. The molecule has 0 aliphatic rings. The van der Waals surface area contributed by atoms with Gasteiger partial charge in [-0.2, -0.15) is 5.10 Å². The minimum atomic E-state index is 0.445. The SMILES string of the molecule is CCCc1n[nH]c(=S)n1NCc1cc(OCC)c(OCc2cccc(C)c2)cc1Cl. The number of ether oxygens (including phenoxy) is 2. The lowest BCUT2D eigenvalue weighted by Gasteiger charge is -2.16. The van der Waals surface area contributed by atoms with Crippen molar-refractivity contribution in [3.05, 3.63) is 68.7 Å². The van der Waals surface area contributed by atoms with Crippen LogP contribution in [-0.2, 0) is 19.6 Å². The molecule has 6 nitrogen and oxygen atoms in total. The summed E-state index contributed by atoms with van der Waals surface area (Å²) in [6, 6.07) is 11.9. The van der Waals surface area contributed by atoms with Crippen molar-refractivity contribution in [2.45, 2.75) is 46.8 Å². The van der Waals surface area contributed by atoms with Gasteiger partial charge in [-0.15, -0.1) is 0 Å². The lowest BCUT2D eigenvalue weighted by molar-refractivity contribution is 0.269. The van der Waals surface area contributed by atoms with Crippen molar-refractivity contribution in [1.29, 1.82) is 0 Å². The minimum Gasteiger partial charge on any atom is -0.490 e. The van der Waals surface area contributed by atoms with Crippen molar-refractivity contribution in [1.82, 2.24) is 14.9 Å². The summed E-state index contributed by atoms with van der Waals surface area (Å²) in [5, 5.41) is 7.69. The topological polar surface area (TPSA) is 64.1 Å². The molecule has 3 rings (SSSR count). The Balaban J connectivity index is 1.77. The molecule has 0 aliphatic heterocycles. The van der Waals surface area contributed by atoms with E-state index in [-0.39, 0.29) is 0 Å². The summed E-state index contributed by atoms with van der Waals surface area (Å²) < 4.78 is 14.1. The van der Waals surface area contributed by atoms with Gasteiger partial charge < -0.3 is 14.9 Å². The fourth-order valence-corrected chi connectivity index (χ4v) is 3.54. The molecule has 0 saturated carbocycles. The number of nitrogens with zero attached hydrogens (tertiary/aromatic N) is 2. The van der Waals surface area contributed by atoms with Gasteiger partial charge in [0.25, 0.3) is 0 Å². The molecule has 30 heavy (non-hydrogen) atoms.